The fraction of sp³-hybridized carbons (Fsp3) is 0.409. The van der Waals surface area contributed by atoms with E-state index in [2.05, 4.69) is 5.32 Å². The number of carbonyl (C=O) groups is 1. The minimum atomic E-state index is -0.323. The van der Waals surface area contributed by atoms with Crippen LogP contribution in [-0.2, 0) is 9.53 Å². The summed E-state index contributed by atoms with van der Waals surface area (Å²) in [5.74, 6) is 1.75. The predicted octanol–water partition coefficient (Wildman–Crippen LogP) is 3.07. The molecule has 0 radical (unpaired) electrons. The van der Waals surface area contributed by atoms with E-state index in [-0.39, 0.29) is 23.8 Å². The monoisotopic (exact) mass is 383 g/mol. The molecule has 0 aromatic heterocycles. The molecule has 2 aliphatic heterocycles. The van der Waals surface area contributed by atoms with Crippen LogP contribution in [0.15, 0.2) is 42.5 Å². The van der Waals surface area contributed by atoms with Crippen LogP contribution in [0.25, 0.3) is 0 Å². The molecule has 4 rings (SSSR count). The van der Waals surface area contributed by atoms with Crippen molar-refractivity contribution in [2.24, 2.45) is 5.92 Å². The number of methoxy groups -OCH3 is 1. The van der Waals surface area contributed by atoms with Crippen LogP contribution < -0.4 is 19.5 Å². The number of carbonyl (C=O) groups excluding carboxylic acids is 1. The summed E-state index contributed by atoms with van der Waals surface area (Å²) in [4.78, 5) is 12.9. The molecule has 0 saturated carbocycles. The maximum Gasteiger partial charge on any atom is 0.311 e. The van der Waals surface area contributed by atoms with Crippen LogP contribution in [-0.4, -0.2) is 39.4 Å². The zero-order valence-corrected chi connectivity index (χ0v) is 16.1. The van der Waals surface area contributed by atoms with E-state index in [1.54, 1.807) is 7.11 Å². The number of ether oxygens (including phenoxy) is 4. The molecule has 0 amide bonds. The Kier molecular flexibility index (Phi) is 5.39. The summed E-state index contributed by atoms with van der Waals surface area (Å²) in [7, 11) is 1.64. The topological polar surface area (TPSA) is 66.0 Å². The molecule has 148 valence electrons. The van der Waals surface area contributed by atoms with Crippen molar-refractivity contribution in [2.45, 2.75) is 18.9 Å². The average molecular weight is 383 g/mol. The van der Waals surface area contributed by atoms with Crippen LogP contribution in [0.3, 0.4) is 0 Å². The van der Waals surface area contributed by atoms with Crippen LogP contribution in [0.5, 0.6) is 17.2 Å². The van der Waals surface area contributed by atoms with Gasteiger partial charge in [0, 0.05) is 18.5 Å². The molecule has 0 spiro atoms. The van der Waals surface area contributed by atoms with Gasteiger partial charge in [-0.05, 0) is 42.3 Å². The summed E-state index contributed by atoms with van der Waals surface area (Å²) in [6.45, 7) is 3.97. The molecule has 2 aromatic rings. The van der Waals surface area contributed by atoms with Crippen LogP contribution in [0, 0.1) is 5.92 Å². The van der Waals surface area contributed by atoms with Crippen LogP contribution in [0.1, 0.15) is 30.0 Å². The number of hydrogen-bond donors (Lipinski definition) is 1. The smallest absolute Gasteiger partial charge is 0.311 e. The highest BCUT2D eigenvalue weighted by molar-refractivity contribution is 5.76. The molecule has 2 aromatic carbocycles. The van der Waals surface area contributed by atoms with Crippen molar-refractivity contribution in [2.75, 3.05) is 33.5 Å². The lowest BCUT2D eigenvalue weighted by molar-refractivity contribution is -0.148. The predicted molar refractivity (Wildman–Crippen MR) is 104 cm³/mol. The fourth-order valence-electron chi connectivity index (χ4n) is 4.03. The van der Waals surface area contributed by atoms with Gasteiger partial charge in [0.05, 0.1) is 19.6 Å². The minimum Gasteiger partial charge on any atom is -0.497 e. The van der Waals surface area contributed by atoms with Gasteiger partial charge in [-0.25, -0.2) is 0 Å². The lowest BCUT2D eigenvalue weighted by Crippen LogP contribution is -2.27. The molecule has 0 bridgehead atoms. The molecule has 3 atom stereocenters. The third-order valence-corrected chi connectivity index (χ3v) is 5.38. The number of hydrogen-bond acceptors (Lipinski definition) is 6. The van der Waals surface area contributed by atoms with Crippen molar-refractivity contribution in [1.29, 1.82) is 0 Å². The second-order valence-electron chi connectivity index (χ2n) is 6.95. The molecule has 1 fully saturated rings. The number of rotatable bonds is 5. The third kappa shape index (κ3) is 3.52. The molecule has 1 saturated heterocycles. The summed E-state index contributed by atoms with van der Waals surface area (Å²) in [6, 6.07) is 13.6. The Morgan fingerprint density at radius 3 is 2.50 bits per heavy atom. The fourth-order valence-corrected chi connectivity index (χ4v) is 4.03. The van der Waals surface area contributed by atoms with Gasteiger partial charge in [0.2, 0.25) is 0 Å². The van der Waals surface area contributed by atoms with E-state index < -0.39 is 0 Å². The Bertz CT molecular complexity index is 835. The van der Waals surface area contributed by atoms with Crippen LogP contribution in [0.4, 0.5) is 0 Å². The molecular weight excluding hydrogens is 358 g/mol. The highest BCUT2D eigenvalue weighted by atomic mass is 16.6. The summed E-state index contributed by atoms with van der Waals surface area (Å²) in [6.07, 6.45) is 0. The van der Waals surface area contributed by atoms with Gasteiger partial charge >= 0.3 is 5.97 Å². The van der Waals surface area contributed by atoms with Gasteiger partial charge in [0.25, 0.3) is 0 Å². The van der Waals surface area contributed by atoms with Crippen molar-refractivity contribution >= 4 is 5.97 Å². The Labute approximate surface area is 164 Å². The van der Waals surface area contributed by atoms with E-state index in [4.69, 9.17) is 18.9 Å². The van der Waals surface area contributed by atoms with E-state index in [1.165, 1.54) is 0 Å². The van der Waals surface area contributed by atoms with Gasteiger partial charge in [-0.3, -0.25) is 4.79 Å². The molecule has 0 unspecified atom stereocenters. The zero-order valence-electron chi connectivity index (χ0n) is 16.1. The van der Waals surface area contributed by atoms with Crippen LogP contribution >= 0.6 is 0 Å². The SMILES string of the molecule is CCOC(=O)[C@H]1[C@@H](c2ccc3c(c2)OCCO3)CN[C@H]1c1ccc(OC)cc1. The maximum atomic E-state index is 12.9. The molecule has 6 nitrogen and oxygen atoms in total. The highest BCUT2D eigenvalue weighted by Crippen LogP contribution is 2.43. The largest absolute Gasteiger partial charge is 0.497 e. The Hall–Kier alpha value is -2.73. The van der Waals surface area contributed by atoms with Gasteiger partial charge in [0.15, 0.2) is 11.5 Å². The maximum absolute atomic E-state index is 12.9. The van der Waals surface area contributed by atoms with Gasteiger partial charge in [-0.15, -0.1) is 0 Å². The van der Waals surface area contributed by atoms with E-state index in [1.807, 2.05) is 49.4 Å². The number of benzene rings is 2. The average Bonchev–Trinajstić information content (AvgIpc) is 3.19. The first kappa shape index (κ1) is 18.6. The van der Waals surface area contributed by atoms with Gasteiger partial charge in [-0.1, -0.05) is 18.2 Å². The molecule has 6 heteroatoms. The number of fused-ring (bicyclic) bond motifs is 1. The zero-order chi connectivity index (χ0) is 19.5. The molecule has 2 heterocycles. The Morgan fingerprint density at radius 2 is 1.79 bits per heavy atom. The first-order valence-corrected chi connectivity index (χ1v) is 9.64. The first-order chi connectivity index (χ1) is 13.7. The number of nitrogens with one attached hydrogen (secondary N) is 1. The highest BCUT2D eigenvalue weighted by Gasteiger charge is 2.43. The van der Waals surface area contributed by atoms with Crippen LogP contribution in [0.2, 0.25) is 0 Å². The molecular formula is C22H25NO5. The van der Waals surface area contributed by atoms with Crippen molar-refractivity contribution in [3.05, 3.63) is 53.6 Å². The van der Waals surface area contributed by atoms with E-state index in [9.17, 15) is 4.79 Å². The third-order valence-electron chi connectivity index (χ3n) is 5.38. The van der Waals surface area contributed by atoms with Crippen molar-refractivity contribution < 1.29 is 23.7 Å². The normalized spacial score (nSPS) is 23.3. The molecule has 0 aliphatic carbocycles. The van der Waals surface area contributed by atoms with Crippen molar-refractivity contribution in [3.8, 4) is 17.2 Å². The van der Waals surface area contributed by atoms with Crippen molar-refractivity contribution in [3.63, 3.8) is 0 Å². The van der Waals surface area contributed by atoms with Gasteiger partial charge < -0.3 is 24.3 Å². The van der Waals surface area contributed by atoms with E-state index in [0.717, 1.165) is 28.4 Å². The lowest BCUT2D eigenvalue weighted by Gasteiger charge is -2.24. The van der Waals surface area contributed by atoms with E-state index in [0.29, 0.717) is 26.4 Å². The second kappa shape index (κ2) is 8.10. The standard InChI is InChI=1S/C22H25NO5/c1-3-26-22(24)20-17(15-6-9-18-19(12-15)28-11-10-27-18)13-23-21(20)14-4-7-16(25-2)8-5-14/h4-9,12,17,20-21,23H,3,10-11,13H2,1-2H3/t17-,20+,21+/m1/s1. The molecule has 28 heavy (non-hydrogen) atoms. The minimum absolute atomic E-state index is 0.0121. The second-order valence-corrected chi connectivity index (χ2v) is 6.95. The molecule has 2 aliphatic rings. The van der Waals surface area contributed by atoms with E-state index >= 15 is 0 Å². The Morgan fingerprint density at radius 1 is 1.07 bits per heavy atom. The van der Waals surface area contributed by atoms with Crippen molar-refractivity contribution in [1.82, 2.24) is 5.32 Å². The quantitative estimate of drug-likeness (QED) is 0.801. The lowest BCUT2D eigenvalue weighted by atomic mass is 9.82. The Balaban J connectivity index is 1.65. The first-order valence-electron chi connectivity index (χ1n) is 9.64. The summed E-state index contributed by atoms with van der Waals surface area (Å²) >= 11 is 0. The van der Waals surface area contributed by atoms with Gasteiger partial charge in [-0.2, -0.15) is 0 Å². The number of esters is 1. The summed E-state index contributed by atoms with van der Waals surface area (Å²) in [5.41, 5.74) is 2.09. The van der Waals surface area contributed by atoms with Gasteiger partial charge in [0.1, 0.15) is 19.0 Å². The summed E-state index contributed by atoms with van der Waals surface area (Å²) < 4.78 is 22.0. The summed E-state index contributed by atoms with van der Waals surface area (Å²) in [5, 5.41) is 3.51. The molecule has 1 N–H and O–H groups in total.